The molecule has 0 spiro atoms. The highest BCUT2D eigenvalue weighted by Crippen LogP contribution is 2.22. The predicted octanol–water partition coefficient (Wildman–Crippen LogP) is 5.29. The Balaban J connectivity index is 1.62. The summed E-state index contributed by atoms with van der Waals surface area (Å²) in [5, 5.41) is 9.22. The molecule has 3 aromatic rings. The quantitative estimate of drug-likeness (QED) is 0.563. The Kier molecular flexibility index (Phi) is 5.74. The molecule has 136 valence electrons. The van der Waals surface area contributed by atoms with Crippen molar-refractivity contribution in [2.24, 2.45) is 0 Å². The maximum absolute atomic E-state index is 12.3. The fourth-order valence-corrected chi connectivity index (χ4v) is 2.71. The number of anilines is 4. The van der Waals surface area contributed by atoms with Gasteiger partial charge in [-0.3, -0.25) is 9.59 Å². The van der Waals surface area contributed by atoms with Gasteiger partial charge in [0.25, 0.3) is 5.91 Å². The van der Waals surface area contributed by atoms with Gasteiger partial charge in [0.1, 0.15) is 0 Å². The monoisotopic (exact) mass is 379 g/mol. The van der Waals surface area contributed by atoms with E-state index in [1.54, 1.807) is 24.3 Å². The van der Waals surface area contributed by atoms with Crippen LogP contribution in [0.15, 0.2) is 72.8 Å². The van der Waals surface area contributed by atoms with Gasteiger partial charge in [-0.15, -0.1) is 0 Å². The third kappa shape index (κ3) is 5.09. The average molecular weight is 380 g/mol. The van der Waals surface area contributed by atoms with Gasteiger partial charge in [0, 0.05) is 29.7 Å². The van der Waals surface area contributed by atoms with Gasteiger partial charge < -0.3 is 16.0 Å². The summed E-state index contributed by atoms with van der Waals surface area (Å²) in [5.41, 5.74) is 3.60. The molecule has 0 saturated carbocycles. The largest absolute Gasteiger partial charge is 0.356 e. The van der Waals surface area contributed by atoms with E-state index in [0.29, 0.717) is 16.3 Å². The first-order valence-electron chi connectivity index (χ1n) is 8.32. The molecule has 3 aromatic carbocycles. The van der Waals surface area contributed by atoms with Crippen LogP contribution in [-0.4, -0.2) is 11.8 Å². The smallest absolute Gasteiger partial charge is 0.257 e. The van der Waals surface area contributed by atoms with E-state index in [2.05, 4.69) is 16.0 Å². The molecule has 2 amide bonds. The van der Waals surface area contributed by atoms with Gasteiger partial charge in [0.05, 0.1) is 10.6 Å². The van der Waals surface area contributed by atoms with Crippen LogP contribution in [0, 0.1) is 0 Å². The number of rotatable bonds is 5. The van der Waals surface area contributed by atoms with Crippen LogP contribution >= 0.6 is 11.6 Å². The molecule has 0 fully saturated rings. The average Bonchev–Trinajstić information content (AvgIpc) is 2.65. The van der Waals surface area contributed by atoms with Crippen molar-refractivity contribution < 1.29 is 9.59 Å². The molecule has 27 heavy (non-hydrogen) atoms. The van der Waals surface area contributed by atoms with E-state index in [9.17, 15) is 9.59 Å². The van der Waals surface area contributed by atoms with Gasteiger partial charge in [-0.1, -0.05) is 23.7 Å². The highest BCUT2D eigenvalue weighted by molar-refractivity contribution is 6.34. The number of benzene rings is 3. The Hall–Kier alpha value is -3.31. The second-order valence-electron chi connectivity index (χ2n) is 5.89. The van der Waals surface area contributed by atoms with Crippen molar-refractivity contribution in [3.8, 4) is 0 Å². The standard InChI is InChI=1S/C21H18ClN3O2/c1-14(26)23-15-6-8-16(9-7-15)24-17-10-12-18(13-11-17)25-21(27)19-4-2-3-5-20(19)22/h2-13,24H,1H3,(H,23,26)(H,25,27). The van der Waals surface area contributed by atoms with Crippen LogP contribution in [0.2, 0.25) is 5.02 Å². The number of carbonyl (C=O) groups excluding carboxylic acids is 2. The molecule has 3 N–H and O–H groups in total. The maximum atomic E-state index is 12.3. The van der Waals surface area contributed by atoms with Crippen LogP contribution in [0.25, 0.3) is 0 Å². The van der Waals surface area contributed by atoms with E-state index in [-0.39, 0.29) is 11.8 Å². The van der Waals surface area contributed by atoms with Crippen LogP contribution in [0.3, 0.4) is 0 Å². The molecule has 0 saturated heterocycles. The molecule has 0 aliphatic rings. The van der Waals surface area contributed by atoms with Gasteiger partial charge in [0.2, 0.25) is 5.91 Å². The number of nitrogens with one attached hydrogen (secondary N) is 3. The number of hydrogen-bond donors (Lipinski definition) is 3. The molecule has 6 heteroatoms. The molecule has 0 bridgehead atoms. The molecule has 3 rings (SSSR count). The second kappa shape index (κ2) is 8.38. The minimum absolute atomic E-state index is 0.106. The zero-order valence-corrected chi connectivity index (χ0v) is 15.4. The van der Waals surface area contributed by atoms with E-state index in [0.717, 1.165) is 17.1 Å². The molecule has 0 radical (unpaired) electrons. The van der Waals surface area contributed by atoms with E-state index in [1.165, 1.54) is 6.92 Å². The number of amides is 2. The van der Waals surface area contributed by atoms with E-state index in [4.69, 9.17) is 11.6 Å². The van der Waals surface area contributed by atoms with Crippen LogP contribution < -0.4 is 16.0 Å². The first kappa shape index (κ1) is 18.5. The van der Waals surface area contributed by atoms with Crippen molar-refractivity contribution in [2.75, 3.05) is 16.0 Å². The van der Waals surface area contributed by atoms with Crippen molar-refractivity contribution in [2.45, 2.75) is 6.92 Å². The van der Waals surface area contributed by atoms with Crippen molar-refractivity contribution >= 4 is 46.2 Å². The minimum atomic E-state index is -0.255. The Morgan fingerprint density at radius 3 is 1.70 bits per heavy atom. The maximum Gasteiger partial charge on any atom is 0.257 e. The Labute approximate surface area is 162 Å². The summed E-state index contributed by atoms with van der Waals surface area (Å²) in [5.74, 6) is -0.361. The highest BCUT2D eigenvalue weighted by atomic mass is 35.5. The normalized spacial score (nSPS) is 10.1. The van der Waals surface area contributed by atoms with Gasteiger partial charge in [-0.25, -0.2) is 0 Å². The summed E-state index contributed by atoms with van der Waals surface area (Å²) >= 11 is 6.05. The minimum Gasteiger partial charge on any atom is -0.356 e. The fraction of sp³-hybridized carbons (Fsp3) is 0.0476. The van der Waals surface area contributed by atoms with Gasteiger partial charge >= 0.3 is 0 Å². The summed E-state index contributed by atoms with van der Waals surface area (Å²) in [7, 11) is 0. The summed E-state index contributed by atoms with van der Waals surface area (Å²) < 4.78 is 0. The molecule has 0 aliphatic carbocycles. The van der Waals surface area contributed by atoms with Crippen molar-refractivity contribution in [1.82, 2.24) is 0 Å². The Bertz CT molecular complexity index is 954. The van der Waals surface area contributed by atoms with Crippen LogP contribution in [0.1, 0.15) is 17.3 Å². The van der Waals surface area contributed by atoms with E-state index < -0.39 is 0 Å². The van der Waals surface area contributed by atoms with Gasteiger partial charge in [0.15, 0.2) is 0 Å². The summed E-state index contributed by atoms with van der Waals surface area (Å²) in [6, 6.07) is 21.6. The van der Waals surface area contributed by atoms with Gasteiger partial charge in [-0.05, 0) is 60.7 Å². The SMILES string of the molecule is CC(=O)Nc1ccc(Nc2ccc(NC(=O)c3ccccc3Cl)cc2)cc1. The third-order valence-corrected chi connectivity index (χ3v) is 4.08. The lowest BCUT2D eigenvalue weighted by Gasteiger charge is -2.10. The highest BCUT2D eigenvalue weighted by Gasteiger charge is 2.09. The predicted molar refractivity (Wildman–Crippen MR) is 110 cm³/mol. The molecule has 5 nitrogen and oxygen atoms in total. The van der Waals surface area contributed by atoms with Crippen LogP contribution in [0.5, 0.6) is 0 Å². The summed E-state index contributed by atoms with van der Waals surface area (Å²) in [6.45, 7) is 1.47. The molecular weight excluding hydrogens is 362 g/mol. The lowest BCUT2D eigenvalue weighted by atomic mass is 10.2. The van der Waals surface area contributed by atoms with Gasteiger partial charge in [-0.2, -0.15) is 0 Å². The molecule has 0 aliphatic heterocycles. The van der Waals surface area contributed by atoms with E-state index >= 15 is 0 Å². The second-order valence-corrected chi connectivity index (χ2v) is 6.30. The van der Waals surface area contributed by atoms with E-state index in [1.807, 2.05) is 48.5 Å². The first-order valence-corrected chi connectivity index (χ1v) is 8.70. The number of hydrogen-bond acceptors (Lipinski definition) is 3. The summed E-state index contributed by atoms with van der Waals surface area (Å²) in [6.07, 6.45) is 0. The Morgan fingerprint density at radius 1 is 0.704 bits per heavy atom. The molecule has 0 heterocycles. The zero-order chi connectivity index (χ0) is 19.2. The molecule has 0 atom stereocenters. The fourth-order valence-electron chi connectivity index (χ4n) is 2.49. The van der Waals surface area contributed by atoms with Crippen molar-refractivity contribution in [1.29, 1.82) is 0 Å². The van der Waals surface area contributed by atoms with Crippen LogP contribution in [0.4, 0.5) is 22.7 Å². The van der Waals surface area contributed by atoms with Crippen LogP contribution in [-0.2, 0) is 4.79 Å². The molecule has 0 unspecified atom stereocenters. The molecular formula is C21H18ClN3O2. The first-order chi connectivity index (χ1) is 13.0. The lowest BCUT2D eigenvalue weighted by molar-refractivity contribution is -0.114. The van der Waals surface area contributed by atoms with Crippen molar-refractivity contribution in [3.05, 3.63) is 83.4 Å². The van der Waals surface area contributed by atoms with Crippen molar-refractivity contribution in [3.63, 3.8) is 0 Å². The third-order valence-electron chi connectivity index (χ3n) is 3.76. The molecule has 0 aromatic heterocycles. The number of carbonyl (C=O) groups is 2. The summed E-state index contributed by atoms with van der Waals surface area (Å²) in [4.78, 5) is 23.3. The number of halogens is 1. The Morgan fingerprint density at radius 2 is 1.19 bits per heavy atom. The lowest BCUT2D eigenvalue weighted by Crippen LogP contribution is -2.12. The topological polar surface area (TPSA) is 70.2 Å². The zero-order valence-electron chi connectivity index (χ0n) is 14.6.